The maximum atomic E-state index is 15.3. The first-order chi connectivity index (χ1) is 21.0. The van der Waals surface area contributed by atoms with Gasteiger partial charge in [0.25, 0.3) is 5.91 Å². The number of fused-ring (bicyclic) bond motifs is 1. The molecule has 0 unspecified atom stereocenters. The molecule has 10 heteroatoms. The zero-order valence-corrected chi connectivity index (χ0v) is 24.3. The van der Waals surface area contributed by atoms with Gasteiger partial charge in [0.05, 0.1) is 32.8 Å². The van der Waals surface area contributed by atoms with Crippen LogP contribution in [0.5, 0.6) is 11.5 Å². The Hall–Kier alpha value is -5.19. The van der Waals surface area contributed by atoms with Crippen molar-refractivity contribution in [3.8, 4) is 43.9 Å². The van der Waals surface area contributed by atoms with Crippen molar-refractivity contribution in [2.75, 3.05) is 5.32 Å². The van der Waals surface area contributed by atoms with E-state index in [1.54, 1.807) is 24.7 Å². The van der Waals surface area contributed by atoms with Gasteiger partial charge in [0.2, 0.25) is 0 Å². The highest BCUT2D eigenvalue weighted by Gasteiger charge is 2.21. The number of aryl methyl sites for hydroxylation is 1. The quantitative estimate of drug-likeness (QED) is 0.197. The number of nitrogens with one attached hydrogen (secondary N) is 1. The minimum atomic E-state index is -0.609. The smallest absolute Gasteiger partial charge is 0.268 e. The van der Waals surface area contributed by atoms with E-state index in [4.69, 9.17) is 9.72 Å². The number of pyridine rings is 1. The summed E-state index contributed by atoms with van der Waals surface area (Å²) in [5.74, 6) is -0.462. The third-order valence-electron chi connectivity index (χ3n) is 6.64. The summed E-state index contributed by atoms with van der Waals surface area (Å²) in [6, 6.07) is 27.3. The van der Waals surface area contributed by atoms with E-state index >= 15 is 4.39 Å². The molecule has 1 N–H and O–H groups in total. The number of halogens is 1. The first kappa shape index (κ1) is 26.7. The molecule has 7 rings (SSSR count). The summed E-state index contributed by atoms with van der Waals surface area (Å²) < 4.78 is 24.0. The number of benzene rings is 3. The van der Waals surface area contributed by atoms with E-state index < -0.39 is 5.82 Å². The fraction of sp³-hybridized carbons (Fsp3) is 0.0303. The van der Waals surface area contributed by atoms with E-state index in [1.165, 1.54) is 34.8 Å². The summed E-state index contributed by atoms with van der Waals surface area (Å²) in [6.45, 7) is 0. The van der Waals surface area contributed by atoms with Crippen molar-refractivity contribution in [1.82, 2.24) is 19.5 Å². The number of thiazole rings is 1. The van der Waals surface area contributed by atoms with Gasteiger partial charge in [0, 0.05) is 48.4 Å². The number of carbonyl (C=O) groups is 1. The van der Waals surface area contributed by atoms with Gasteiger partial charge >= 0.3 is 0 Å². The Labute approximate surface area is 253 Å². The van der Waals surface area contributed by atoms with Crippen LogP contribution in [-0.4, -0.2) is 25.4 Å². The van der Waals surface area contributed by atoms with Gasteiger partial charge in [-0.3, -0.25) is 9.78 Å². The van der Waals surface area contributed by atoms with E-state index in [2.05, 4.69) is 15.3 Å². The Morgan fingerprint density at radius 1 is 0.884 bits per heavy atom. The molecule has 7 aromatic rings. The maximum absolute atomic E-state index is 15.3. The summed E-state index contributed by atoms with van der Waals surface area (Å²) in [5.41, 5.74) is 4.18. The number of ether oxygens (including phenoxy) is 1. The number of anilines is 1. The third kappa shape index (κ3) is 5.41. The highest BCUT2D eigenvalue weighted by Crippen LogP contribution is 2.40. The van der Waals surface area contributed by atoms with Crippen LogP contribution >= 0.6 is 22.7 Å². The molecule has 0 aliphatic rings. The molecular weight excluding hydrogens is 582 g/mol. The standard InChI is InChI=1S/C33H22FN5O2S2/c1-39-18-25(36-19-39)28-17-24-30(42-28)27(14-15-35-24)41-26-13-12-22(16-23(26)34)37-32(40)31-29(20-8-4-2-5-9-20)38-33(43-31)21-10-6-3-7-11-21/h2-19H,1H3,(H,37,40). The second-order valence-electron chi connectivity index (χ2n) is 9.69. The molecule has 0 aliphatic carbocycles. The summed E-state index contributed by atoms with van der Waals surface area (Å²) in [6.07, 6.45) is 5.29. The van der Waals surface area contributed by atoms with Gasteiger partial charge < -0.3 is 14.6 Å². The van der Waals surface area contributed by atoms with Crippen LogP contribution in [0.3, 0.4) is 0 Å². The van der Waals surface area contributed by atoms with E-state index in [-0.39, 0.29) is 11.7 Å². The third-order valence-corrected chi connectivity index (χ3v) is 8.91. The molecule has 0 spiro atoms. The summed E-state index contributed by atoms with van der Waals surface area (Å²) >= 11 is 2.77. The van der Waals surface area contributed by atoms with Crippen LogP contribution < -0.4 is 10.1 Å². The molecule has 43 heavy (non-hydrogen) atoms. The van der Waals surface area contributed by atoms with Gasteiger partial charge in [-0.2, -0.15) is 0 Å². The molecule has 4 heterocycles. The van der Waals surface area contributed by atoms with Gasteiger partial charge in [-0.15, -0.1) is 22.7 Å². The Bertz CT molecular complexity index is 2090. The first-order valence-electron chi connectivity index (χ1n) is 13.3. The van der Waals surface area contributed by atoms with Crippen LogP contribution in [0.1, 0.15) is 9.67 Å². The van der Waals surface area contributed by atoms with Crippen molar-refractivity contribution in [2.24, 2.45) is 7.05 Å². The van der Waals surface area contributed by atoms with Crippen LogP contribution in [0.4, 0.5) is 10.1 Å². The van der Waals surface area contributed by atoms with Crippen molar-refractivity contribution in [1.29, 1.82) is 0 Å². The monoisotopic (exact) mass is 603 g/mol. The number of imidazole rings is 1. The number of amides is 1. The van der Waals surface area contributed by atoms with E-state index in [0.29, 0.717) is 22.0 Å². The zero-order chi connectivity index (χ0) is 29.3. The van der Waals surface area contributed by atoms with E-state index in [9.17, 15) is 4.79 Å². The lowest BCUT2D eigenvalue weighted by Gasteiger charge is -2.10. The molecule has 0 bridgehead atoms. The number of thiophene rings is 1. The van der Waals surface area contributed by atoms with Crippen LogP contribution in [0, 0.1) is 5.82 Å². The maximum Gasteiger partial charge on any atom is 0.268 e. The second kappa shape index (κ2) is 11.2. The lowest BCUT2D eigenvalue weighted by atomic mass is 10.1. The van der Waals surface area contributed by atoms with E-state index in [0.717, 1.165) is 36.9 Å². The molecule has 0 atom stereocenters. The molecule has 0 radical (unpaired) electrons. The van der Waals surface area contributed by atoms with Crippen molar-refractivity contribution >= 4 is 44.5 Å². The summed E-state index contributed by atoms with van der Waals surface area (Å²) in [5, 5.41) is 3.56. The van der Waals surface area contributed by atoms with Crippen LogP contribution in [0.25, 0.3) is 42.6 Å². The zero-order valence-electron chi connectivity index (χ0n) is 22.7. The highest BCUT2D eigenvalue weighted by atomic mass is 32.1. The lowest BCUT2D eigenvalue weighted by Crippen LogP contribution is -2.11. The Morgan fingerprint density at radius 3 is 2.37 bits per heavy atom. The predicted octanol–water partition coefficient (Wildman–Crippen LogP) is 8.67. The summed E-state index contributed by atoms with van der Waals surface area (Å²) in [4.78, 5) is 28.5. The largest absolute Gasteiger partial charge is 0.453 e. The van der Waals surface area contributed by atoms with Crippen LogP contribution in [-0.2, 0) is 7.05 Å². The predicted molar refractivity (Wildman–Crippen MR) is 169 cm³/mol. The van der Waals surface area contributed by atoms with Crippen LogP contribution in [0.15, 0.2) is 110 Å². The minimum Gasteiger partial charge on any atom is -0.453 e. The number of nitrogens with zero attached hydrogens (tertiary/aromatic N) is 4. The van der Waals surface area contributed by atoms with Gasteiger partial charge in [-0.25, -0.2) is 14.4 Å². The van der Waals surface area contributed by atoms with Crippen LogP contribution in [0.2, 0.25) is 0 Å². The van der Waals surface area contributed by atoms with Crippen molar-refractivity contribution in [3.05, 3.63) is 120 Å². The second-order valence-corrected chi connectivity index (χ2v) is 11.7. The molecule has 0 fully saturated rings. The van der Waals surface area contributed by atoms with Gasteiger partial charge in [-0.05, 0) is 18.2 Å². The molecule has 7 nitrogen and oxygen atoms in total. The van der Waals surface area contributed by atoms with Crippen molar-refractivity contribution < 1.29 is 13.9 Å². The van der Waals surface area contributed by atoms with E-state index in [1.807, 2.05) is 84.5 Å². The fourth-order valence-corrected chi connectivity index (χ4v) is 6.61. The van der Waals surface area contributed by atoms with Gasteiger partial charge in [-0.1, -0.05) is 60.7 Å². The molecule has 0 aliphatic heterocycles. The minimum absolute atomic E-state index is 0.0346. The van der Waals surface area contributed by atoms with Gasteiger partial charge in [0.1, 0.15) is 15.6 Å². The number of carbonyl (C=O) groups excluding carboxylic acids is 1. The van der Waals surface area contributed by atoms with Crippen molar-refractivity contribution in [2.45, 2.75) is 0 Å². The average Bonchev–Trinajstić information content (AvgIpc) is 3.78. The molecule has 3 aromatic carbocycles. The summed E-state index contributed by atoms with van der Waals surface area (Å²) in [7, 11) is 1.91. The Balaban J connectivity index is 1.15. The fourth-order valence-electron chi connectivity index (χ4n) is 4.60. The molecule has 4 aromatic heterocycles. The van der Waals surface area contributed by atoms with Gasteiger partial charge in [0.15, 0.2) is 11.6 Å². The number of hydrogen-bond acceptors (Lipinski definition) is 7. The molecule has 210 valence electrons. The average molecular weight is 604 g/mol. The van der Waals surface area contributed by atoms with Crippen molar-refractivity contribution in [3.63, 3.8) is 0 Å². The topological polar surface area (TPSA) is 81.9 Å². The molecular formula is C33H22FN5O2S2. The molecule has 0 saturated carbocycles. The highest BCUT2D eigenvalue weighted by molar-refractivity contribution is 7.22. The molecule has 1 amide bonds. The normalized spacial score (nSPS) is 11.1. The number of hydrogen-bond donors (Lipinski definition) is 1. The molecule has 0 saturated heterocycles. The Morgan fingerprint density at radius 2 is 1.65 bits per heavy atom. The Kier molecular flexibility index (Phi) is 6.98. The number of rotatable bonds is 7. The lowest BCUT2D eigenvalue weighted by molar-refractivity contribution is 0.103. The SMILES string of the molecule is Cn1cnc(-c2cc3nccc(Oc4ccc(NC(=O)c5sc(-c6ccccc6)nc5-c5ccccc5)cc4F)c3s2)c1. The number of aromatic nitrogens is 4. The first-order valence-corrected chi connectivity index (χ1v) is 14.9.